The van der Waals surface area contributed by atoms with Crippen molar-refractivity contribution in [1.29, 1.82) is 0 Å². The summed E-state index contributed by atoms with van der Waals surface area (Å²) in [4.78, 5) is 0. The highest BCUT2D eigenvalue weighted by Gasteiger charge is 1.94. The maximum Gasteiger partial charge on any atom is 0.0522 e. The fourth-order valence-corrected chi connectivity index (χ4v) is 1.60. The topological polar surface area (TPSA) is 21.3 Å². The molecule has 0 rings (SSSR count). The Hall–Kier alpha value is -0.340. The predicted octanol–water partition coefficient (Wildman–Crippen LogP) is 5.43. The van der Waals surface area contributed by atoms with E-state index < -0.39 is 0 Å². The van der Waals surface area contributed by atoms with Gasteiger partial charge in [0.15, 0.2) is 0 Å². The molecule has 0 aromatic rings. The normalized spacial score (nSPS) is 11.2. The minimum absolute atomic E-state index is 0.375. The van der Waals surface area contributed by atoms with E-state index in [1.165, 1.54) is 0 Å². The lowest BCUT2D eigenvalue weighted by atomic mass is 10.2. The SMILES string of the molecule is CC(C)NC(C)C.CC(C)OC(C)C.CC=CC(C)C. The molecule has 0 aliphatic heterocycles. The van der Waals surface area contributed by atoms with Crippen molar-refractivity contribution in [2.75, 3.05) is 0 Å². The van der Waals surface area contributed by atoms with Gasteiger partial charge in [0.1, 0.15) is 0 Å². The zero-order chi connectivity index (χ0) is 16.7. The molecule has 0 unspecified atom stereocenters. The Bertz CT molecular complexity index is 168. The second-order valence-corrected chi connectivity index (χ2v) is 6.48. The molecule has 0 amide bonds. The Labute approximate surface area is 129 Å². The summed E-state index contributed by atoms with van der Waals surface area (Å²) in [5, 5.41) is 3.31. The Kier molecular flexibility index (Phi) is 20.6. The average molecular weight is 288 g/mol. The predicted molar refractivity (Wildman–Crippen MR) is 94.4 cm³/mol. The number of nitrogens with one attached hydrogen (secondary N) is 1. The monoisotopic (exact) mass is 287 g/mol. The molecular formula is C18H41NO. The molecule has 0 radical (unpaired) electrons. The minimum atomic E-state index is 0.375. The fourth-order valence-electron chi connectivity index (χ4n) is 1.60. The smallest absolute Gasteiger partial charge is 0.0522 e. The second kappa shape index (κ2) is 16.7. The highest BCUT2D eigenvalue weighted by molar-refractivity contribution is 4.79. The standard InChI is InChI=1S/C6H15N.C6H14O.C6H12/c2*1-5(2)7-6(3)4;1-4-5-6(2)3/h5-7H,1-4H3;5-6H,1-4H3;4-6H,1-3H3. The van der Waals surface area contributed by atoms with Gasteiger partial charge in [-0.3, -0.25) is 0 Å². The summed E-state index contributed by atoms with van der Waals surface area (Å²) in [6.45, 7) is 23.2. The van der Waals surface area contributed by atoms with Crippen molar-refractivity contribution in [2.45, 2.75) is 100 Å². The van der Waals surface area contributed by atoms with Crippen molar-refractivity contribution in [3.8, 4) is 0 Å². The van der Waals surface area contributed by atoms with Crippen molar-refractivity contribution in [2.24, 2.45) is 5.92 Å². The van der Waals surface area contributed by atoms with Crippen molar-refractivity contribution < 1.29 is 4.74 Å². The Morgan fingerprint density at radius 2 is 1.05 bits per heavy atom. The summed E-state index contributed by atoms with van der Waals surface area (Å²) in [6.07, 6.45) is 4.99. The van der Waals surface area contributed by atoms with E-state index in [-0.39, 0.29) is 0 Å². The largest absolute Gasteiger partial charge is 0.376 e. The molecule has 0 fully saturated rings. The molecule has 0 atom stereocenters. The summed E-state index contributed by atoms with van der Waals surface area (Å²) < 4.78 is 5.25. The van der Waals surface area contributed by atoms with E-state index in [9.17, 15) is 0 Å². The molecule has 0 aromatic heterocycles. The molecule has 0 spiro atoms. The van der Waals surface area contributed by atoms with Gasteiger partial charge in [-0.15, -0.1) is 0 Å². The van der Waals surface area contributed by atoms with Crippen LogP contribution in [0.3, 0.4) is 0 Å². The van der Waals surface area contributed by atoms with Crippen LogP contribution >= 0.6 is 0 Å². The van der Waals surface area contributed by atoms with Crippen LogP contribution in [0.25, 0.3) is 0 Å². The average Bonchev–Trinajstić information content (AvgIpc) is 2.13. The van der Waals surface area contributed by atoms with Crippen LogP contribution in [-0.4, -0.2) is 24.3 Å². The summed E-state index contributed by atoms with van der Waals surface area (Å²) in [7, 11) is 0. The molecule has 20 heavy (non-hydrogen) atoms. The first kappa shape index (κ1) is 24.7. The van der Waals surface area contributed by atoms with E-state index in [1.54, 1.807) is 0 Å². The number of hydrogen-bond acceptors (Lipinski definition) is 2. The lowest BCUT2D eigenvalue weighted by molar-refractivity contribution is 0.0300. The molecule has 0 aromatic carbocycles. The highest BCUT2D eigenvalue weighted by Crippen LogP contribution is 1.93. The molecule has 2 heteroatoms. The molecule has 124 valence electrons. The Balaban J connectivity index is -0.000000218. The number of ether oxygens (including phenoxy) is 1. The van der Waals surface area contributed by atoms with Gasteiger partial charge in [-0.2, -0.15) is 0 Å². The van der Waals surface area contributed by atoms with E-state index in [4.69, 9.17) is 4.74 Å². The first-order valence-corrected chi connectivity index (χ1v) is 8.07. The van der Waals surface area contributed by atoms with E-state index in [0.717, 1.165) is 5.92 Å². The van der Waals surface area contributed by atoms with Crippen molar-refractivity contribution in [3.05, 3.63) is 12.2 Å². The van der Waals surface area contributed by atoms with E-state index in [2.05, 4.69) is 59.0 Å². The van der Waals surface area contributed by atoms with Gasteiger partial charge >= 0.3 is 0 Å². The molecular weight excluding hydrogens is 246 g/mol. The molecule has 0 saturated heterocycles. The summed E-state index contributed by atoms with van der Waals surface area (Å²) in [6, 6.07) is 1.25. The van der Waals surface area contributed by atoms with E-state index in [1.807, 2.05) is 34.6 Å². The van der Waals surface area contributed by atoms with E-state index in [0.29, 0.717) is 24.3 Å². The molecule has 0 heterocycles. The van der Waals surface area contributed by atoms with Gasteiger partial charge in [-0.05, 0) is 40.5 Å². The van der Waals surface area contributed by atoms with Gasteiger partial charge in [-0.1, -0.05) is 53.7 Å². The van der Waals surface area contributed by atoms with Gasteiger partial charge in [0.05, 0.1) is 12.2 Å². The first-order chi connectivity index (χ1) is 9.02. The van der Waals surface area contributed by atoms with Crippen molar-refractivity contribution in [3.63, 3.8) is 0 Å². The summed E-state index contributed by atoms with van der Waals surface area (Å²) in [5.41, 5.74) is 0. The van der Waals surface area contributed by atoms with Crippen LogP contribution in [0.15, 0.2) is 12.2 Å². The van der Waals surface area contributed by atoms with Crippen LogP contribution in [0, 0.1) is 5.92 Å². The van der Waals surface area contributed by atoms with Crippen LogP contribution in [0.5, 0.6) is 0 Å². The molecule has 0 saturated carbocycles. The maximum atomic E-state index is 5.25. The van der Waals surface area contributed by atoms with Gasteiger partial charge < -0.3 is 10.1 Å². The summed E-state index contributed by atoms with van der Waals surface area (Å²) >= 11 is 0. The van der Waals surface area contributed by atoms with Crippen LogP contribution in [0.2, 0.25) is 0 Å². The minimum Gasteiger partial charge on any atom is -0.376 e. The van der Waals surface area contributed by atoms with Crippen molar-refractivity contribution in [1.82, 2.24) is 5.32 Å². The van der Waals surface area contributed by atoms with Gasteiger partial charge in [-0.25, -0.2) is 0 Å². The first-order valence-electron chi connectivity index (χ1n) is 8.07. The van der Waals surface area contributed by atoms with Crippen LogP contribution in [0.4, 0.5) is 0 Å². The lowest BCUT2D eigenvalue weighted by Crippen LogP contribution is -2.29. The Morgan fingerprint density at radius 1 is 0.700 bits per heavy atom. The molecule has 0 aliphatic carbocycles. The van der Waals surface area contributed by atoms with Gasteiger partial charge in [0.25, 0.3) is 0 Å². The Morgan fingerprint density at radius 3 is 1.05 bits per heavy atom. The van der Waals surface area contributed by atoms with Gasteiger partial charge in [0.2, 0.25) is 0 Å². The van der Waals surface area contributed by atoms with Gasteiger partial charge in [0, 0.05) is 12.1 Å². The number of rotatable bonds is 5. The number of allylic oxidation sites excluding steroid dienone is 2. The van der Waals surface area contributed by atoms with Crippen LogP contribution in [0.1, 0.15) is 76.2 Å². The maximum absolute atomic E-state index is 5.25. The zero-order valence-electron chi connectivity index (χ0n) is 15.9. The quantitative estimate of drug-likeness (QED) is 0.681. The zero-order valence-corrected chi connectivity index (χ0v) is 15.9. The summed E-state index contributed by atoms with van der Waals surface area (Å²) in [5.74, 6) is 0.718. The molecule has 1 N–H and O–H groups in total. The lowest BCUT2D eigenvalue weighted by Gasteiger charge is -2.10. The van der Waals surface area contributed by atoms with E-state index >= 15 is 0 Å². The van der Waals surface area contributed by atoms with Crippen molar-refractivity contribution >= 4 is 0 Å². The fraction of sp³-hybridized carbons (Fsp3) is 0.889. The van der Waals surface area contributed by atoms with Crippen LogP contribution < -0.4 is 5.32 Å². The molecule has 0 aliphatic rings. The molecule has 2 nitrogen and oxygen atoms in total. The highest BCUT2D eigenvalue weighted by atomic mass is 16.5. The number of hydrogen-bond donors (Lipinski definition) is 1. The second-order valence-electron chi connectivity index (χ2n) is 6.48. The third-order valence-corrected chi connectivity index (χ3v) is 1.79. The third-order valence-electron chi connectivity index (χ3n) is 1.79. The molecule has 0 bridgehead atoms. The third kappa shape index (κ3) is 43.1. The van der Waals surface area contributed by atoms with Crippen LogP contribution in [-0.2, 0) is 4.74 Å².